The second kappa shape index (κ2) is 6.55. The van der Waals surface area contributed by atoms with E-state index in [1.54, 1.807) is 26.0 Å². The Bertz CT molecular complexity index is 467. The molecule has 1 N–H and O–H groups in total. The van der Waals surface area contributed by atoms with Crippen molar-refractivity contribution < 1.29 is 14.7 Å². The molecule has 0 spiro atoms. The Morgan fingerprint density at radius 2 is 1.90 bits per heavy atom. The number of rotatable bonds is 7. The first-order valence-corrected chi connectivity index (χ1v) is 6.91. The van der Waals surface area contributed by atoms with Crippen molar-refractivity contribution in [3.05, 3.63) is 35.4 Å². The van der Waals surface area contributed by atoms with E-state index in [4.69, 9.17) is 0 Å². The van der Waals surface area contributed by atoms with Gasteiger partial charge in [0.2, 0.25) is 6.41 Å². The molecule has 0 fully saturated rings. The summed E-state index contributed by atoms with van der Waals surface area (Å²) >= 11 is 0. The van der Waals surface area contributed by atoms with Crippen molar-refractivity contribution in [3.8, 4) is 0 Å². The first-order valence-electron chi connectivity index (χ1n) is 6.91. The largest absolute Gasteiger partial charge is 0.479 e. The van der Waals surface area contributed by atoms with Crippen LogP contribution in [0, 0.1) is 5.92 Å². The molecule has 1 unspecified atom stereocenters. The van der Waals surface area contributed by atoms with Crippen LogP contribution in [0.1, 0.15) is 38.8 Å². The molecule has 0 bridgehead atoms. The Morgan fingerprint density at radius 3 is 2.25 bits per heavy atom. The maximum Gasteiger partial charge on any atom is 0.334 e. The van der Waals surface area contributed by atoms with Crippen molar-refractivity contribution in [3.63, 3.8) is 0 Å². The summed E-state index contributed by atoms with van der Waals surface area (Å²) in [5.74, 6) is -0.475. The molecule has 1 aromatic rings. The molecule has 0 aliphatic heterocycles. The molecule has 0 saturated carbocycles. The molecule has 0 heterocycles. The minimum atomic E-state index is -1.33. The molecular weight excluding hydrogens is 254 g/mol. The molecular formula is C16H23NO3. The summed E-state index contributed by atoms with van der Waals surface area (Å²) < 4.78 is 0. The average Bonchev–Trinajstić information content (AvgIpc) is 2.39. The molecule has 0 radical (unpaired) electrons. The van der Waals surface area contributed by atoms with E-state index in [9.17, 15) is 14.7 Å². The molecule has 1 aromatic carbocycles. The van der Waals surface area contributed by atoms with Crippen molar-refractivity contribution in [1.29, 1.82) is 0 Å². The molecule has 0 saturated heterocycles. The molecule has 4 heteroatoms. The van der Waals surface area contributed by atoms with E-state index in [0.29, 0.717) is 24.4 Å². The molecule has 1 amide bonds. The minimum absolute atomic E-state index is 0.347. The Hall–Kier alpha value is -1.84. The van der Waals surface area contributed by atoms with Gasteiger partial charge in [-0.2, -0.15) is 0 Å². The molecule has 0 aliphatic carbocycles. The van der Waals surface area contributed by atoms with Crippen LogP contribution in [0.15, 0.2) is 24.3 Å². The Kier molecular flexibility index (Phi) is 5.31. The standard InChI is InChI=1S/C16H23NO3/c1-5-17(11-18)16(4,15(19)20)14-8-6-13(7-9-14)10-12(2)3/h6-9,11-12H,5,10H2,1-4H3,(H,19,20). The van der Waals surface area contributed by atoms with E-state index in [-0.39, 0.29) is 0 Å². The first-order chi connectivity index (χ1) is 9.36. The van der Waals surface area contributed by atoms with Crippen molar-refractivity contribution in [2.75, 3.05) is 6.54 Å². The fraction of sp³-hybridized carbons (Fsp3) is 0.500. The van der Waals surface area contributed by atoms with Gasteiger partial charge in [-0.15, -0.1) is 0 Å². The maximum atomic E-state index is 11.6. The third-order valence-electron chi connectivity index (χ3n) is 3.62. The quantitative estimate of drug-likeness (QED) is 0.779. The third kappa shape index (κ3) is 3.18. The lowest BCUT2D eigenvalue weighted by Gasteiger charge is -2.35. The lowest BCUT2D eigenvalue weighted by molar-refractivity contribution is -0.154. The predicted molar refractivity (Wildman–Crippen MR) is 78.4 cm³/mol. The maximum absolute atomic E-state index is 11.6. The molecule has 4 nitrogen and oxygen atoms in total. The van der Waals surface area contributed by atoms with Gasteiger partial charge in [-0.3, -0.25) is 4.79 Å². The van der Waals surface area contributed by atoms with E-state index in [1.165, 1.54) is 10.5 Å². The SMILES string of the molecule is CCN(C=O)C(C)(C(=O)O)c1ccc(CC(C)C)cc1. The van der Waals surface area contributed by atoms with Gasteiger partial charge in [0.25, 0.3) is 0 Å². The highest BCUT2D eigenvalue weighted by molar-refractivity contribution is 5.82. The van der Waals surface area contributed by atoms with Crippen molar-refractivity contribution in [1.82, 2.24) is 4.90 Å². The number of amides is 1. The van der Waals surface area contributed by atoms with Gasteiger partial charge in [-0.1, -0.05) is 38.1 Å². The highest BCUT2D eigenvalue weighted by atomic mass is 16.4. The molecule has 1 rings (SSSR count). The lowest BCUT2D eigenvalue weighted by Crippen LogP contribution is -2.49. The van der Waals surface area contributed by atoms with Gasteiger partial charge in [-0.05, 0) is 37.3 Å². The van der Waals surface area contributed by atoms with E-state index in [1.807, 2.05) is 12.1 Å². The number of carboxylic acids is 1. The monoisotopic (exact) mass is 277 g/mol. The summed E-state index contributed by atoms with van der Waals surface area (Å²) in [6.07, 6.45) is 1.55. The van der Waals surface area contributed by atoms with Crippen LogP contribution in [0.2, 0.25) is 0 Å². The van der Waals surface area contributed by atoms with Crippen molar-refractivity contribution in [2.45, 2.75) is 39.7 Å². The molecule has 0 aromatic heterocycles. The van der Waals surface area contributed by atoms with Gasteiger partial charge < -0.3 is 10.0 Å². The van der Waals surface area contributed by atoms with Crippen molar-refractivity contribution in [2.24, 2.45) is 5.92 Å². The number of likely N-dealkylation sites (N-methyl/N-ethyl adjacent to an activating group) is 1. The fourth-order valence-corrected chi connectivity index (χ4v) is 2.35. The molecule has 110 valence electrons. The topological polar surface area (TPSA) is 57.6 Å². The normalized spacial score (nSPS) is 13.8. The number of aliphatic carboxylic acids is 1. The van der Waals surface area contributed by atoms with Gasteiger partial charge in [0.05, 0.1) is 0 Å². The van der Waals surface area contributed by atoms with Gasteiger partial charge in [-0.25, -0.2) is 4.79 Å². The van der Waals surface area contributed by atoms with Crippen LogP contribution < -0.4 is 0 Å². The fourth-order valence-electron chi connectivity index (χ4n) is 2.35. The number of hydrogen-bond donors (Lipinski definition) is 1. The smallest absolute Gasteiger partial charge is 0.334 e. The highest BCUT2D eigenvalue weighted by Gasteiger charge is 2.40. The lowest BCUT2D eigenvalue weighted by atomic mass is 9.89. The number of carboxylic acid groups (broad SMARTS) is 1. The summed E-state index contributed by atoms with van der Waals surface area (Å²) in [7, 11) is 0. The minimum Gasteiger partial charge on any atom is -0.479 e. The predicted octanol–water partition coefficient (Wildman–Crippen LogP) is 2.66. The zero-order valence-corrected chi connectivity index (χ0v) is 12.6. The van der Waals surface area contributed by atoms with E-state index in [2.05, 4.69) is 13.8 Å². The van der Waals surface area contributed by atoms with Crippen molar-refractivity contribution >= 4 is 12.4 Å². The van der Waals surface area contributed by atoms with Gasteiger partial charge in [0.15, 0.2) is 5.54 Å². The Labute approximate surface area is 120 Å². The van der Waals surface area contributed by atoms with Gasteiger partial charge >= 0.3 is 5.97 Å². The van der Waals surface area contributed by atoms with Crippen LogP contribution in [0.25, 0.3) is 0 Å². The Morgan fingerprint density at radius 1 is 1.35 bits per heavy atom. The summed E-state index contributed by atoms with van der Waals surface area (Å²) in [4.78, 5) is 24.1. The van der Waals surface area contributed by atoms with Crippen LogP contribution in [-0.2, 0) is 21.5 Å². The highest BCUT2D eigenvalue weighted by Crippen LogP contribution is 2.28. The second-order valence-electron chi connectivity index (χ2n) is 5.56. The molecule has 1 atom stereocenters. The summed E-state index contributed by atoms with van der Waals surface area (Å²) in [5, 5.41) is 9.53. The van der Waals surface area contributed by atoms with E-state index < -0.39 is 11.5 Å². The number of hydrogen-bond acceptors (Lipinski definition) is 2. The van der Waals surface area contributed by atoms with E-state index in [0.717, 1.165) is 6.42 Å². The summed E-state index contributed by atoms with van der Waals surface area (Å²) in [6, 6.07) is 7.49. The second-order valence-corrected chi connectivity index (χ2v) is 5.56. The Balaban J connectivity index is 3.16. The number of carbonyl (C=O) groups excluding carboxylic acids is 1. The number of benzene rings is 1. The van der Waals surface area contributed by atoms with Gasteiger partial charge in [0, 0.05) is 6.54 Å². The van der Waals surface area contributed by atoms with Crippen LogP contribution in [0.4, 0.5) is 0 Å². The average molecular weight is 277 g/mol. The first kappa shape index (κ1) is 16.2. The summed E-state index contributed by atoms with van der Waals surface area (Å²) in [5.41, 5.74) is 0.462. The van der Waals surface area contributed by atoms with E-state index >= 15 is 0 Å². The molecule has 0 aliphatic rings. The summed E-state index contributed by atoms with van der Waals surface area (Å²) in [6.45, 7) is 7.95. The van der Waals surface area contributed by atoms with Crippen LogP contribution >= 0.6 is 0 Å². The zero-order chi connectivity index (χ0) is 15.3. The zero-order valence-electron chi connectivity index (χ0n) is 12.6. The number of nitrogens with zero attached hydrogens (tertiary/aromatic N) is 1. The number of carbonyl (C=O) groups is 2. The van der Waals surface area contributed by atoms with Crippen LogP contribution in [-0.4, -0.2) is 28.9 Å². The van der Waals surface area contributed by atoms with Crippen LogP contribution in [0.3, 0.4) is 0 Å². The van der Waals surface area contributed by atoms with Gasteiger partial charge in [0.1, 0.15) is 0 Å². The van der Waals surface area contributed by atoms with Crippen LogP contribution in [0.5, 0.6) is 0 Å². The molecule has 20 heavy (non-hydrogen) atoms. The third-order valence-corrected chi connectivity index (χ3v) is 3.62.